The number of pyridine rings is 1. The van der Waals surface area contributed by atoms with Gasteiger partial charge in [-0.15, -0.1) is 0 Å². The molecule has 0 spiro atoms. The van der Waals surface area contributed by atoms with Gasteiger partial charge in [0.15, 0.2) is 0 Å². The number of hydrogen-bond donors (Lipinski definition) is 6. The van der Waals surface area contributed by atoms with E-state index in [2.05, 4.69) is 25.8 Å². The molecule has 3 atom stereocenters. The molecule has 2 bridgehead atoms. The number of aromatic amines is 1. The quantitative estimate of drug-likeness (QED) is 0.0682. The van der Waals surface area contributed by atoms with Gasteiger partial charge in [0.25, 0.3) is 5.91 Å². The Hall–Kier alpha value is -6.47. The molecule has 3 fully saturated rings. The third-order valence-corrected chi connectivity index (χ3v) is 11.5. The van der Waals surface area contributed by atoms with E-state index in [0.717, 1.165) is 60.3 Å². The highest BCUT2D eigenvalue weighted by atomic mass is 16.6. The molecule has 12 nitrogen and oxygen atoms in total. The number of rotatable bonds is 15. The van der Waals surface area contributed by atoms with E-state index in [1.165, 1.54) is 12.1 Å². The van der Waals surface area contributed by atoms with Crippen LogP contribution in [0.4, 0.5) is 4.79 Å². The van der Waals surface area contributed by atoms with Crippen molar-refractivity contribution in [3.8, 4) is 11.5 Å². The van der Waals surface area contributed by atoms with Gasteiger partial charge in [0, 0.05) is 43.2 Å². The number of hydrogen-bond acceptors (Lipinski definition) is 9. The lowest BCUT2D eigenvalue weighted by Crippen LogP contribution is -2.52. The van der Waals surface area contributed by atoms with Gasteiger partial charge in [-0.05, 0) is 102 Å². The average molecular weight is 808 g/mol. The molecule has 0 radical (unpaired) electrons. The number of aliphatic hydroxyl groups excluding tert-OH is 1. The highest BCUT2D eigenvalue weighted by Gasteiger charge is 2.37. The molecular formula is C48H49N5O7. The number of phenols is 1. The zero-order valence-electron chi connectivity index (χ0n) is 33.2. The van der Waals surface area contributed by atoms with Crippen molar-refractivity contribution >= 4 is 22.9 Å². The minimum absolute atomic E-state index is 0.0514. The summed E-state index contributed by atoms with van der Waals surface area (Å²) in [5, 5.41) is 30.9. The van der Waals surface area contributed by atoms with E-state index in [9.17, 15) is 24.6 Å². The van der Waals surface area contributed by atoms with Crippen LogP contribution in [0.15, 0.2) is 132 Å². The van der Waals surface area contributed by atoms with Crippen molar-refractivity contribution in [2.45, 2.75) is 50.8 Å². The average Bonchev–Trinajstić information content (AvgIpc) is 3.28. The normalized spacial score (nSPS) is 18.1. The van der Waals surface area contributed by atoms with Crippen molar-refractivity contribution in [3.05, 3.63) is 177 Å². The summed E-state index contributed by atoms with van der Waals surface area (Å²) in [4.78, 5) is 42.9. The lowest BCUT2D eigenvalue weighted by molar-refractivity contribution is -0.0336. The zero-order chi connectivity index (χ0) is 41.4. The Morgan fingerprint density at radius 2 is 1.52 bits per heavy atom. The Morgan fingerprint density at radius 3 is 2.25 bits per heavy atom. The number of phenolic OH excluding ortho intramolecular Hbond substituents is 1. The van der Waals surface area contributed by atoms with Gasteiger partial charge < -0.3 is 40.6 Å². The Labute approximate surface area is 348 Å². The fraction of sp³-hybridized carbons (Fsp3) is 0.271. The van der Waals surface area contributed by atoms with Gasteiger partial charge in [-0.3, -0.25) is 14.5 Å². The van der Waals surface area contributed by atoms with E-state index in [1.807, 2.05) is 91.0 Å². The Balaban J connectivity index is 0.800. The smallest absolute Gasteiger partial charge is 0.408 e. The number of carbonyl (C=O) groups excluding carboxylic acids is 2. The Kier molecular flexibility index (Phi) is 12.5. The largest absolute Gasteiger partial charge is 0.506 e. The molecule has 0 saturated carbocycles. The van der Waals surface area contributed by atoms with Crippen LogP contribution in [0.2, 0.25) is 0 Å². The molecular weight excluding hydrogens is 759 g/mol. The summed E-state index contributed by atoms with van der Waals surface area (Å²) in [6.07, 6.45) is 0.774. The molecule has 1 aromatic heterocycles. The van der Waals surface area contributed by atoms with E-state index in [0.29, 0.717) is 53.4 Å². The number of nitrogens with zero attached hydrogens (tertiary/aromatic N) is 1. The van der Waals surface area contributed by atoms with E-state index in [4.69, 9.17) is 9.47 Å². The molecule has 0 aliphatic carbocycles. The van der Waals surface area contributed by atoms with Crippen LogP contribution in [0.3, 0.4) is 0 Å². The van der Waals surface area contributed by atoms with E-state index in [-0.39, 0.29) is 29.9 Å². The van der Waals surface area contributed by atoms with Gasteiger partial charge in [0.05, 0.1) is 17.7 Å². The summed E-state index contributed by atoms with van der Waals surface area (Å²) < 4.78 is 12.2. The molecule has 3 saturated heterocycles. The molecule has 308 valence electrons. The molecule has 2 amide bonds. The summed E-state index contributed by atoms with van der Waals surface area (Å²) in [6, 6.07) is 38.4. The third kappa shape index (κ3) is 9.86. The first-order valence-electron chi connectivity index (χ1n) is 20.4. The predicted octanol–water partition coefficient (Wildman–Crippen LogP) is 6.48. The second-order valence-corrected chi connectivity index (χ2v) is 15.6. The minimum atomic E-state index is -0.854. The number of piperidine rings is 3. The van der Waals surface area contributed by atoms with Crippen LogP contribution in [-0.4, -0.2) is 64.4 Å². The number of nitrogens with one attached hydrogen (secondary N) is 4. The maximum Gasteiger partial charge on any atom is 0.408 e. The summed E-state index contributed by atoms with van der Waals surface area (Å²) in [5.74, 6) is 0.837. The zero-order valence-corrected chi connectivity index (χ0v) is 33.2. The second kappa shape index (κ2) is 18.6. The number of aliphatic hydroxyl groups is 1. The monoisotopic (exact) mass is 807 g/mol. The van der Waals surface area contributed by atoms with Crippen LogP contribution < -0.4 is 26.2 Å². The number of ether oxygens (including phenoxy) is 2. The molecule has 4 heterocycles. The van der Waals surface area contributed by atoms with Gasteiger partial charge in [-0.1, -0.05) is 84.9 Å². The standard InChI is InChI=1S/C48H49N5O7/c54-41-19-17-39(40-18-20-44(56)51-46(40)41)42(55)28-49-26-31-9-11-32(12-10-31)27-50-47(57)36-15-13-33(14-16-36)30-59-38-8-4-7-37(25-38)45(35-5-2-1-3-6-35)52-48(58)60-43-29-53-23-21-34(43)22-24-53/h1-20,25,34,42-43,45,49,54-55H,21-24,26-30H2,(H,50,57)(H,51,56)(H,52,58). The molecule has 12 heteroatoms. The SMILES string of the molecule is O=C(NC(c1ccccc1)c1cccc(OCc2ccc(C(=O)NCc3ccc(CNCC(O)c4ccc(O)c5[nH]c(=O)ccc45)cc3)cc2)c1)OC1CN2CCC1CC2. The molecule has 9 rings (SSSR count). The van der Waals surface area contributed by atoms with Crippen molar-refractivity contribution in [2.75, 3.05) is 26.2 Å². The first kappa shape index (κ1) is 40.3. The van der Waals surface area contributed by atoms with Gasteiger partial charge in [0.2, 0.25) is 5.56 Å². The molecule has 3 unspecified atom stereocenters. The molecule has 6 aromatic rings. The fourth-order valence-corrected chi connectivity index (χ4v) is 8.11. The molecule has 3 aliphatic heterocycles. The number of alkyl carbamates (subject to hydrolysis) is 1. The van der Waals surface area contributed by atoms with Crippen LogP contribution >= 0.6 is 0 Å². The first-order chi connectivity index (χ1) is 29.3. The fourth-order valence-electron chi connectivity index (χ4n) is 8.11. The number of H-pyrrole nitrogens is 1. The Bertz CT molecular complexity index is 2470. The van der Waals surface area contributed by atoms with Crippen molar-refractivity contribution in [1.29, 1.82) is 0 Å². The Morgan fingerprint density at radius 1 is 0.800 bits per heavy atom. The summed E-state index contributed by atoms with van der Waals surface area (Å²) in [5.41, 5.74) is 5.78. The van der Waals surface area contributed by atoms with Gasteiger partial charge in [-0.25, -0.2) is 4.79 Å². The van der Waals surface area contributed by atoms with Crippen molar-refractivity contribution in [2.24, 2.45) is 5.92 Å². The van der Waals surface area contributed by atoms with Gasteiger partial charge in [0.1, 0.15) is 24.2 Å². The first-order valence-corrected chi connectivity index (χ1v) is 20.4. The molecule has 60 heavy (non-hydrogen) atoms. The molecule has 6 N–H and O–H groups in total. The number of aromatic nitrogens is 1. The minimum Gasteiger partial charge on any atom is -0.506 e. The van der Waals surface area contributed by atoms with Crippen LogP contribution in [0.5, 0.6) is 11.5 Å². The summed E-state index contributed by atoms with van der Waals surface area (Å²) in [6.45, 7) is 4.39. The van der Waals surface area contributed by atoms with Crippen LogP contribution in [0.1, 0.15) is 68.7 Å². The highest BCUT2D eigenvalue weighted by Crippen LogP contribution is 2.31. The number of benzene rings is 5. The van der Waals surface area contributed by atoms with E-state index in [1.54, 1.807) is 24.3 Å². The van der Waals surface area contributed by atoms with Crippen LogP contribution in [0.25, 0.3) is 10.9 Å². The van der Waals surface area contributed by atoms with Gasteiger partial charge in [-0.2, -0.15) is 0 Å². The van der Waals surface area contributed by atoms with E-state index < -0.39 is 18.2 Å². The van der Waals surface area contributed by atoms with Crippen LogP contribution in [0, 0.1) is 5.92 Å². The van der Waals surface area contributed by atoms with Crippen molar-refractivity contribution < 1.29 is 29.3 Å². The highest BCUT2D eigenvalue weighted by molar-refractivity contribution is 5.94. The van der Waals surface area contributed by atoms with Gasteiger partial charge >= 0.3 is 6.09 Å². The number of amides is 2. The van der Waals surface area contributed by atoms with E-state index >= 15 is 0 Å². The number of carbonyl (C=O) groups is 2. The molecule has 5 aromatic carbocycles. The third-order valence-electron chi connectivity index (χ3n) is 11.5. The topological polar surface area (TPSA) is 165 Å². The predicted molar refractivity (Wildman–Crippen MR) is 229 cm³/mol. The number of aromatic hydroxyl groups is 1. The second-order valence-electron chi connectivity index (χ2n) is 15.6. The maximum absolute atomic E-state index is 13.2. The lowest BCUT2D eigenvalue weighted by atomic mass is 9.86. The lowest BCUT2D eigenvalue weighted by Gasteiger charge is -2.43. The maximum atomic E-state index is 13.2. The van der Waals surface area contributed by atoms with Crippen molar-refractivity contribution in [3.63, 3.8) is 0 Å². The van der Waals surface area contributed by atoms with Crippen LogP contribution in [-0.2, 0) is 24.4 Å². The summed E-state index contributed by atoms with van der Waals surface area (Å²) in [7, 11) is 0. The number of fused-ring (bicyclic) bond motifs is 4. The molecule has 3 aliphatic rings. The summed E-state index contributed by atoms with van der Waals surface area (Å²) >= 11 is 0. The van der Waals surface area contributed by atoms with Crippen molar-refractivity contribution in [1.82, 2.24) is 25.8 Å².